The molecule has 0 spiro atoms. The number of furan rings is 1. The molecule has 2 aromatic heterocycles. The van der Waals surface area contributed by atoms with Crippen molar-refractivity contribution in [3.8, 4) is 0 Å². The van der Waals surface area contributed by atoms with E-state index in [1.807, 2.05) is 42.5 Å². The van der Waals surface area contributed by atoms with Gasteiger partial charge in [0.25, 0.3) is 0 Å². The van der Waals surface area contributed by atoms with E-state index in [4.69, 9.17) is 14.1 Å². The van der Waals surface area contributed by atoms with Crippen LogP contribution in [-0.4, -0.2) is 30.6 Å². The Balaban J connectivity index is 1.87. The van der Waals surface area contributed by atoms with Gasteiger partial charge in [0.2, 0.25) is 0 Å². The minimum absolute atomic E-state index is 0.318. The molecule has 0 amide bonds. The topological polar surface area (TPSA) is 78.6 Å². The van der Waals surface area contributed by atoms with Gasteiger partial charge in [0.15, 0.2) is 6.61 Å². The van der Waals surface area contributed by atoms with E-state index < -0.39 is 18.5 Å². The van der Waals surface area contributed by atoms with Gasteiger partial charge in [-0.3, -0.25) is 0 Å². The lowest BCUT2D eigenvalue weighted by Gasteiger charge is -2.26. The van der Waals surface area contributed by atoms with Gasteiger partial charge in [0, 0.05) is 5.39 Å². The van der Waals surface area contributed by atoms with Crippen LogP contribution in [0.2, 0.25) is 0 Å². The van der Waals surface area contributed by atoms with Crippen LogP contribution in [0.3, 0.4) is 0 Å². The first-order chi connectivity index (χ1) is 14.1. The average Bonchev–Trinajstić information content (AvgIpc) is 3.23. The Bertz CT molecular complexity index is 1100. The predicted octanol–water partition coefficient (Wildman–Crippen LogP) is 4.28. The standard InChI is InChI=1S/C23H21NO5/c1-14-10-15(12-16-6-5-9-28-16)22-18(11-14)21(23(26)29-13-20(25)27-2)17-7-3-4-8-19(17)24-22/h3-9,12,14H,10-11,13H2,1-2H3/b15-12+. The second kappa shape index (κ2) is 7.91. The highest BCUT2D eigenvalue weighted by Gasteiger charge is 2.29. The van der Waals surface area contributed by atoms with E-state index >= 15 is 0 Å². The molecular formula is C23H21NO5. The third kappa shape index (κ3) is 3.78. The van der Waals surface area contributed by atoms with Gasteiger partial charge >= 0.3 is 11.9 Å². The first-order valence-corrected chi connectivity index (χ1v) is 9.47. The average molecular weight is 391 g/mol. The zero-order valence-electron chi connectivity index (χ0n) is 16.3. The third-order valence-electron chi connectivity index (χ3n) is 5.03. The van der Waals surface area contributed by atoms with Crippen molar-refractivity contribution in [2.75, 3.05) is 13.7 Å². The van der Waals surface area contributed by atoms with E-state index in [0.29, 0.717) is 28.8 Å². The number of carbonyl (C=O) groups excluding carboxylic acids is 2. The van der Waals surface area contributed by atoms with Crippen LogP contribution in [0.15, 0.2) is 47.1 Å². The second-order valence-corrected chi connectivity index (χ2v) is 7.18. The lowest BCUT2D eigenvalue weighted by molar-refractivity contribution is -0.144. The van der Waals surface area contributed by atoms with E-state index in [9.17, 15) is 9.59 Å². The van der Waals surface area contributed by atoms with Crippen LogP contribution >= 0.6 is 0 Å². The number of hydrogen-bond acceptors (Lipinski definition) is 6. The van der Waals surface area contributed by atoms with Gasteiger partial charge < -0.3 is 13.9 Å². The van der Waals surface area contributed by atoms with Crippen LogP contribution in [0, 0.1) is 5.92 Å². The van der Waals surface area contributed by atoms with Crippen LogP contribution in [-0.2, 0) is 20.7 Å². The fraction of sp³-hybridized carbons (Fsp3) is 0.261. The molecule has 29 heavy (non-hydrogen) atoms. The largest absolute Gasteiger partial charge is 0.466 e. The number of carbonyl (C=O) groups is 2. The summed E-state index contributed by atoms with van der Waals surface area (Å²) in [6.07, 6.45) is 5.13. The summed E-state index contributed by atoms with van der Waals surface area (Å²) in [5, 5.41) is 0.715. The van der Waals surface area contributed by atoms with Gasteiger partial charge in [-0.25, -0.2) is 14.6 Å². The highest BCUT2D eigenvalue weighted by Crippen LogP contribution is 2.38. The fourth-order valence-corrected chi connectivity index (χ4v) is 3.77. The van der Waals surface area contributed by atoms with E-state index in [1.54, 1.807) is 6.26 Å². The first-order valence-electron chi connectivity index (χ1n) is 9.47. The first kappa shape index (κ1) is 18.9. The molecule has 4 rings (SSSR count). The second-order valence-electron chi connectivity index (χ2n) is 7.18. The smallest absolute Gasteiger partial charge is 0.344 e. The maximum Gasteiger partial charge on any atom is 0.344 e. The molecule has 0 aliphatic heterocycles. The lowest BCUT2D eigenvalue weighted by atomic mass is 9.81. The van der Waals surface area contributed by atoms with Crippen LogP contribution in [0.25, 0.3) is 22.6 Å². The molecule has 1 aromatic carbocycles. The Morgan fingerprint density at radius 1 is 1.21 bits per heavy atom. The highest BCUT2D eigenvalue weighted by molar-refractivity contribution is 6.07. The number of allylic oxidation sites excluding steroid dienone is 1. The molecule has 2 heterocycles. The molecule has 0 radical (unpaired) electrons. The zero-order chi connectivity index (χ0) is 20.4. The minimum Gasteiger partial charge on any atom is -0.466 e. The van der Waals surface area contributed by atoms with Gasteiger partial charge in [-0.05, 0) is 54.2 Å². The van der Waals surface area contributed by atoms with Crippen LogP contribution in [0.5, 0.6) is 0 Å². The summed E-state index contributed by atoms with van der Waals surface area (Å²) in [7, 11) is 1.26. The maximum atomic E-state index is 13.0. The maximum absolute atomic E-state index is 13.0. The van der Waals surface area contributed by atoms with E-state index in [1.165, 1.54) is 7.11 Å². The zero-order valence-corrected chi connectivity index (χ0v) is 16.3. The molecule has 1 aliphatic carbocycles. The molecule has 1 aliphatic rings. The van der Waals surface area contributed by atoms with Crippen LogP contribution in [0.1, 0.15) is 40.7 Å². The molecule has 0 saturated heterocycles. The monoisotopic (exact) mass is 391 g/mol. The lowest BCUT2D eigenvalue weighted by Crippen LogP contribution is -2.21. The van der Waals surface area contributed by atoms with Crippen molar-refractivity contribution >= 4 is 34.5 Å². The molecule has 3 aromatic rings. The quantitative estimate of drug-likeness (QED) is 0.618. The van der Waals surface area contributed by atoms with Crippen molar-refractivity contribution in [1.82, 2.24) is 4.98 Å². The number of benzene rings is 1. The molecule has 0 N–H and O–H groups in total. The molecule has 6 nitrogen and oxygen atoms in total. The Kier molecular flexibility index (Phi) is 5.16. The molecule has 6 heteroatoms. The van der Waals surface area contributed by atoms with Gasteiger partial charge in [-0.15, -0.1) is 0 Å². The minimum atomic E-state index is -0.600. The van der Waals surface area contributed by atoms with Crippen molar-refractivity contribution < 1.29 is 23.5 Å². The number of rotatable bonds is 4. The highest BCUT2D eigenvalue weighted by atomic mass is 16.6. The predicted molar refractivity (Wildman–Crippen MR) is 108 cm³/mol. The third-order valence-corrected chi connectivity index (χ3v) is 5.03. The molecular weight excluding hydrogens is 370 g/mol. The summed E-state index contributed by atoms with van der Waals surface area (Å²) in [5.41, 5.74) is 3.81. The van der Waals surface area contributed by atoms with Crippen LogP contribution < -0.4 is 0 Å². The molecule has 0 fully saturated rings. The Labute approximate surface area is 168 Å². The van der Waals surface area contributed by atoms with E-state index in [0.717, 1.165) is 29.0 Å². The summed E-state index contributed by atoms with van der Waals surface area (Å²) in [5.74, 6) is -0.0855. The Morgan fingerprint density at radius 3 is 2.79 bits per heavy atom. The normalized spacial score (nSPS) is 17.2. The molecule has 0 saturated carbocycles. The molecule has 1 unspecified atom stereocenters. The number of fused-ring (bicyclic) bond motifs is 2. The number of nitrogens with zero attached hydrogens (tertiary/aromatic N) is 1. The summed E-state index contributed by atoms with van der Waals surface area (Å²) in [4.78, 5) is 29.3. The van der Waals surface area contributed by atoms with E-state index in [-0.39, 0.29) is 0 Å². The molecule has 0 bridgehead atoms. The van der Waals surface area contributed by atoms with Gasteiger partial charge in [-0.1, -0.05) is 25.1 Å². The van der Waals surface area contributed by atoms with Gasteiger partial charge in [-0.2, -0.15) is 0 Å². The fourth-order valence-electron chi connectivity index (χ4n) is 3.77. The number of ether oxygens (including phenoxy) is 2. The Hall–Kier alpha value is -3.41. The van der Waals surface area contributed by atoms with Crippen LogP contribution in [0.4, 0.5) is 0 Å². The number of hydrogen-bond donors (Lipinski definition) is 0. The van der Waals surface area contributed by atoms with E-state index in [2.05, 4.69) is 11.7 Å². The summed E-state index contributed by atoms with van der Waals surface area (Å²) < 4.78 is 15.3. The van der Waals surface area contributed by atoms with Crippen molar-refractivity contribution in [1.29, 1.82) is 0 Å². The van der Waals surface area contributed by atoms with Gasteiger partial charge in [0.05, 0.1) is 30.1 Å². The van der Waals surface area contributed by atoms with Crippen molar-refractivity contribution in [3.05, 3.63) is 65.2 Å². The summed E-state index contributed by atoms with van der Waals surface area (Å²) in [6.45, 7) is 1.71. The molecule has 148 valence electrons. The number of pyridine rings is 1. The number of esters is 2. The van der Waals surface area contributed by atoms with Crippen molar-refractivity contribution in [2.24, 2.45) is 5.92 Å². The molecule has 1 atom stereocenters. The van der Waals surface area contributed by atoms with Crippen molar-refractivity contribution in [2.45, 2.75) is 19.8 Å². The van der Waals surface area contributed by atoms with Crippen molar-refractivity contribution in [3.63, 3.8) is 0 Å². The summed E-state index contributed by atoms with van der Waals surface area (Å²) in [6, 6.07) is 11.2. The number of aromatic nitrogens is 1. The SMILES string of the molecule is COC(=O)COC(=O)c1c2c(nc3ccccc13)/C(=C/c1ccco1)CC(C)C2. The Morgan fingerprint density at radius 2 is 2.03 bits per heavy atom. The number of methoxy groups -OCH3 is 1. The van der Waals surface area contributed by atoms with Gasteiger partial charge in [0.1, 0.15) is 5.76 Å². The summed E-state index contributed by atoms with van der Waals surface area (Å²) >= 11 is 0. The number of para-hydroxylation sites is 1.